The van der Waals surface area contributed by atoms with Gasteiger partial charge in [0.05, 0.1) is 0 Å². The van der Waals surface area contributed by atoms with E-state index >= 15 is 0 Å². The van der Waals surface area contributed by atoms with Gasteiger partial charge in [0.25, 0.3) is 0 Å². The van der Waals surface area contributed by atoms with E-state index in [4.69, 9.17) is 0 Å². The third-order valence-corrected chi connectivity index (χ3v) is 10.7. The van der Waals surface area contributed by atoms with Gasteiger partial charge in [-0.15, -0.1) is 0 Å². The Bertz CT molecular complexity index is 1880. The molecule has 1 aliphatic rings. The molecule has 0 saturated heterocycles. The summed E-state index contributed by atoms with van der Waals surface area (Å²) >= 11 is -0.309. The molecular weight excluding hydrogens is 610 g/mol. The average molecular weight is 652 g/mol. The molecule has 6 rings (SSSR count). The SMILES string of the molecule is CCCc1cc(C)cc(C)c1-n1ccn(-c2c(C)cc(C)cc2CCC)[c]1=[Ru]=[C]1C=C(c2ccccc2)c2ccccc21. The third kappa shape index (κ3) is 5.68. The number of imidazole rings is 1. The summed E-state index contributed by atoms with van der Waals surface area (Å²) in [6.07, 6.45) is 11.6. The molecule has 0 amide bonds. The summed E-state index contributed by atoms with van der Waals surface area (Å²) in [5.41, 5.74) is 16.3. The van der Waals surface area contributed by atoms with Crippen LogP contribution < -0.4 is 0 Å². The summed E-state index contributed by atoms with van der Waals surface area (Å²) in [4.78, 5) is 0. The van der Waals surface area contributed by atoms with E-state index in [0.717, 1.165) is 25.7 Å². The molecule has 0 N–H and O–H groups in total. The van der Waals surface area contributed by atoms with E-state index in [2.05, 4.69) is 148 Å². The number of nitrogens with zero attached hydrogens (tertiary/aromatic N) is 2. The van der Waals surface area contributed by atoms with Crippen molar-refractivity contribution in [3.05, 3.63) is 151 Å². The number of allylic oxidation sites excluding steroid dienone is 1. The van der Waals surface area contributed by atoms with Gasteiger partial charge in [-0.05, 0) is 0 Å². The van der Waals surface area contributed by atoms with Gasteiger partial charge < -0.3 is 0 Å². The molecule has 0 spiro atoms. The number of aromatic nitrogens is 2. The zero-order chi connectivity index (χ0) is 30.1. The van der Waals surface area contributed by atoms with Crippen LogP contribution in [0.1, 0.15) is 76.8 Å². The van der Waals surface area contributed by atoms with Crippen molar-refractivity contribution in [2.45, 2.75) is 67.2 Å². The van der Waals surface area contributed by atoms with E-state index < -0.39 is 0 Å². The second-order valence-electron chi connectivity index (χ2n) is 11.9. The van der Waals surface area contributed by atoms with Gasteiger partial charge in [0.2, 0.25) is 0 Å². The zero-order valence-electron chi connectivity index (χ0n) is 26.3. The molecule has 0 unspecified atom stereocenters. The van der Waals surface area contributed by atoms with E-state index in [1.165, 1.54) is 75.1 Å². The molecule has 220 valence electrons. The van der Waals surface area contributed by atoms with Crippen LogP contribution in [0.2, 0.25) is 0 Å². The number of rotatable bonds is 7. The van der Waals surface area contributed by atoms with Crippen molar-refractivity contribution in [1.29, 1.82) is 0 Å². The third-order valence-electron chi connectivity index (χ3n) is 8.31. The van der Waals surface area contributed by atoms with Crippen LogP contribution in [0.15, 0.2) is 97.3 Å². The average Bonchev–Trinajstić information content (AvgIpc) is 3.55. The summed E-state index contributed by atoms with van der Waals surface area (Å²) in [5, 5.41) is 0. The van der Waals surface area contributed by atoms with E-state index in [1.807, 2.05) is 0 Å². The minimum absolute atomic E-state index is 0.309. The second kappa shape index (κ2) is 12.5. The minimum atomic E-state index is -0.309. The van der Waals surface area contributed by atoms with Crippen LogP contribution in [0.5, 0.6) is 0 Å². The number of hydrogen-bond donors (Lipinski definition) is 0. The van der Waals surface area contributed by atoms with Gasteiger partial charge in [-0.2, -0.15) is 0 Å². The second-order valence-corrected chi connectivity index (χ2v) is 14.0. The molecule has 5 aromatic rings. The van der Waals surface area contributed by atoms with Crippen LogP contribution in [0.3, 0.4) is 0 Å². The first-order valence-corrected chi connectivity index (χ1v) is 17.3. The zero-order valence-corrected chi connectivity index (χ0v) is 28.1. The Kier molecular flexibility index (Phi) is 8.55. The van der Waals surface area contributed by atoms with Crippen molar-refractivity contribution in [2.24, 2.45) is 0 Å². The molecular formula is C40H42N2Ru. The molecule has 3 heteroatoms. The van der Waals surface area contributed by atoms with E-state index in [-0.39, 0.29) is 16.2 Å². The van der Waals surface area contributed by atoms with Crippen LogP contribution in [0, 0.1) is 31.7 Å². The molecule has 0 fully saturated rings. The van der Waals surface area contributed by atoms with Crippen molar-refractivity contribution in [3.8, 4) is 11.4 Å². The maximum atomic E-state index is 2.54. The van der Waals surface area contributed by atoms with Crippen molar-refractivity contribution in [2.75, 3.05) is 0 Å². The van der Waals surface area contributed by atoms with E-state index in [1.54, 1.807) is 0 Å². The molecule has 0 atom stereocenters. The number of aryl methyl sites for hydroxylation is 6. The molecule has 4 aromatic carbocycles. The molecule has 1 heterocycles. The van der Waals surface area contributed by atoms with Gasteiger partial charge >= 0.3 is 265 Å². The molecule has 0 aliphatic heterocycles. The van der Waals surface area contributed by atoms with Gasteiger partial charge in [-0.25, -0.2) is 0 Å². The van der Waals surface area contributed by atoms with Gasteiger partial charge in [0.1, 0.15) is 0 Å². The molecule has 1 aliphatic carbocycles. The number of hydrogen-bond acceptors (Lipinski definition) is 0. The van der Waals surface area contributed by atoms with Crippen molar-refractivity contribution >= 4 is 9.68 Å². The van der Waals surface area contributed by atoms with Crippen molar-refractivity contribution in [3.63, 3.8) is 0 Å². The first-order valence-electron chi connectivity index (χ1n) is 15.6. The fraction of sp³-hybridized carbons (Fsp3) is 0.250. The molecule has 2 nitrogen and oxygen atoms in total. The fourth-order valence-electron chi connectivity index (χ4n) is 6.70. The maximum absolute atomic E-state index is 2.54. The summed E-state index contributed by atoms with van der Waals surface area (Å²) in [6, 6.07) is 29.4. The Labute approximate surface area is 264 Å². The molecule has 43 heavy (non-hydrogen) atoms. The summed E-state index contributed by atoms with van der Waals surface area (Å²) < 4.78 is 7.92. The van der Waals surface area contributed by atoms with Crippen LogP contribution in [0.25, 0.3) is 16.9 Å². The first kappa shape index (κ1) is 29.4. The predicted octanol–water partition coefficient (Wildman–Crippen LogP) is 9.69. The summed E-state index contributed by atoms with van der Waals surface area (Å²) in [6.45, 7) is 13.6. The predicted molar refractivity (Wildman–Crippen MR) is 179 cm³/mol. The normalized spacial score (nSPS) is 12.5. The molecule has 0 radical (unpaired) electrons. The topological polar surface area (TPSA) is 9.86 Å². The Hall–Kier alpha value is -3.68. The van der Waals surface area contributed by atoms with Gasteiger partial charge in [0, 0.05) is 0 Å². The van der Waals surface area contributed by atoms with Crippen LogP contribution in [0.4, 0.5) is 0 Å². The Morgan fingerprint density at radius 2 is 1.12 bits per heavy atom. The van der Waals surface area contributed by atoms with Crippen molar-refractivity contribution < 1.29 is 16.2 Å². The van der Waals surface area contributed by atoms with E-state index in [0.29, 0.717) is 0 Å². The Balaban J connectivity index is 1.75. The Morgan fingerprint density at radius 1 is 0.605 bits per heavy atom. The summed E-state index contributed by atoms with van der Waals surface area (Å²) in [5.74, 6) is 0. The van der Waals surface area contributed by atoms with E-state index in [9.17, 15) is 0 Å². The molecule has 1 aromatic heterocycles. The van der Waals surface area contributed by atoms with Gasteiger partial charge in [-0.1, -0.05) is 0 Å². The van der Waals surface area contributed by atoms with Crippen molar-refractivity contribution in [1.82, 2.24) is 9.13 Å². The van der Waals surface area contributed by atoms with Gasteiger partial charge in [-0.3, -0.25) is 0 Å². The fourth-order valence-corrected chi connectivity index (χ4v) is 9.18. The quantitative estimate of drug-likeness (QED) is 0.155. The molecule has 0 saturated carbocycles. The van der Waals surface area contributed by atoms with Crippen LogP contribution >= 0.6 is 0 Å². The monoisotopic (exact) mass is 652 g/mol. The number of fused-ring (bicyclic) bond motifs is 1. The van der Waals surface area contributed by atoms with Crippen LogP contribution in [-0.2, 0) is 29.1 Å². The van der Waals surface area contributed by atoms with Crippen LogP contribution in [-0.4, -0.2) is 13.2 Å². The van der Waals surface area contributed by atoms with Gasteiger partial charge in [0.15, 0.2) is 0 Å². The number of benzene rings is 4. The Morgan fingerprint density at radius 3 is 1.65 bits per heavy atom. The molecule has 0 bridgehead atoms. The standard InChI is InChI=1S/C25H32N2.C15H10.Ru/c1-7-9-22-15-18(3)13-20(5)24(22)26-11-12-27(17-26)25-21(6)14-19(4)16-23(25)10-8-2;1-2-6-12(7-3-1)15-11-10-13-8-4-5-9-14(13)15;/h11-16H,7-10H2,1-6H3;1-9,11H;. The first-order chi connectivity index (χ1) is 20.9. The summed E-state index contributed by atoms with van der Waals surface area (Å²) in [7, 11) is 0.